The Balaban J connectivity index is 1.59. The molecule has 0 saturated carbocycles. The van der Waals surface area contributed by atoms with Crippen LogP contribution in [0, 0.1) is 0 Å². The molecule has 0 fully saturated rings. The zero-order valence-corrected chi connectivity index (χ0v) is 21.2. The first-order valence-electron chi connectivity index (χ1n) is 12.7. The van der Waals surface area contributed by atoms with Crippen molar-refractivity contribution < 1.29 is 4.42 Å². The van der Waals surface area contributed by atoms with Crippen molar-refractivity contribution in [3.8, 4) is 0 Å². The Hall–Kier alpha value is -2.58. The summed E-state index contributed by atoms with van der Waals surface area (Å²) in [7, 11) is 0. The minimum Gasteiger partial charge on any atom is -0.427 e. The Kier molecular flexibility index (Phi) is 10.7. The van der Waals surface area contributed by atoms with Gasteiger partial charge in [0.2, 0.25) is 0 Å². The summed E-state index contributed by atoms with van der Waals surface area (Å²) in [4.78, 5) is 12.7. The van der Waals surface area contributed by atoms with Crippen LogP contribution >= 0.6 is 11.6 Å². The molecule has 2 aromatic carbocycles. The molecule has 0 spiro atoms. The molecule has 0 atom stereocenters. The van der Waals surface area contributed by atoms with Crippen molar-refractivity contribution in [2.24, 2.45) is 0 Å². The fourth-order valence-electron chi connectivity index (χ4n) is 4.23. The van der Waals surface area contributed by atoms with Gasteiger partial charge in [0.05, 0.1) is 10.4 Å². The number of hydrogen-bond donors (Lipinski definition) is 0. The maximum atomic E-state index is 12.7. The highest BCUT2D eigenvalue weighted by Gasteiger charge is 2.12. The van der Waals surface area contributed by atoms with Crippen LogP contribution in [-0.2, 0) is 25.7 Å². The van der Waals surface area contributed by atoms with E-state index in [-0.39, 0.29) is 5.63 Å². The third kappa shape index (κ3) is 7.74. The van der Waals surface area contributed by atoms with Gasteiger partial charge in [-0.1, -0.05) is 92.4 Å². The highest BCUT2D eigenvalue weighted by molar-refractivity contribution is 6.36. The van der Waals surface area contributed by atoms with E-state index >= 15 is 0 Å². The summed E-state index contributed by atoms with van der Waals surface area (Å²) >= 11 is 6.67. The summed E-state index contributed by atoms with van der Waals surface area (Å²) in [6.45, 7) is 5.94. The summed E-state index contributed by atoms with van der Waals surface area (Å²) in [6.07, 6.45) is 17.7. The summed E-state index contributed by atoms with van der Waals surface area (Å²) in [5.41, 5.74) is 3.29. The van der Waals surface area contributed by atoms with Crippen LogP contribution in [0.5, 0.6) is 0 Å². The second-order valence-corrected chi connectivity index (χ2v) is 9.38. The van der Waals surface area contributed by atoms with Gasteiger partial charge < -0.3 is 4.42 Å². The van der Waals surface area contributed by atoms with Crippen LogP contribution in [0.1, 0.15) is 74.3 Å². The molecule has 0 amide bonds. The number of aryl methyl sites for hydroxylation is 4. The van der Waals surface area contributed by atoms with E-state index in [0.717, 1.165) is 74.5 Å². The van der Waals surface area contributed by atoms with Gasteiger partial charge in [-0.05, 0) is 73.1 Å². The molecule has 0 saturated heterocycles. The fourth-order valence-corrected chi connectivity index (χ4v) is 4.57. The predicted octanol–water partition coefficient (Wildman–Crippen LogP) is 8.81. The van der Waals surface area contributed by atoms with Crippen LogP contribution in [0.2, 0.25) is 5.02 Å². The number of unbranched alkanes of at least 4 members (excludes halogenated alkanes) is 4. The molecule has 1 heterocycles. The van der Waals surface area contributed by atoms with Crippen molar-refractivity contribution in [3.05, 3.63) is 105 Å². The SMILES string of the molecule is C=CCC/C=C/CCc1ccc(CCc2ccc3cc(CCCCCC)oc(=O)c3c2Cl)cc1. The van der Waals surface area contributed by atoms with Crippen molar-refractivity contribution in [1.82, 2.24) is 0 Å². The first-order chi connectivity index (χ1) is 16.6. The van der Waals surface area contributed by atoms with Gasteiger partial charge in [-0.2, -0.15) is 0 Å². The molecule has 34 heavy (non-hydrogen) atoms. The first kappa shape index (κ1) is 26.0. The highest BCUT2D eigenvalue weighted by atomic mass is 35.5. The van der Waals surface area contributed by atoms with Crippen LogP contribution in [0.25, 0.3) is 10.8 Å². The minimum absolute atomic E-state index is 0.322. The summed E-state index contributed by atoms with van der Waals surface area (Å²) in [6, 6.07) is 14.9. The van der Waals surface area contributed by atoms with Gasteiger partial charge in [0.1, 0.15) is 5.76 Å². The molecule has 0 N–H and O–H groups in total. The number of benzene rings is 2. The van der Waals surface area contributed by atoms with E-state index in [1.807, 2.05) is 18.2 Å². The monoisotopic (exact) mass is 476 g/mol. The van der Waals surface area contributed by atoms with E-state index in [9.17, 15) is 4.79 Å². The fraction of sp³-hybridized carbons (Fsp3) is 0.387. The van der Waals surface area contributed by atoms with Crippen molar-refractivity contribution in [1.29, 1.82) is 0 Å². The van der Waals surface area contributed by atoms with Crippen LogP contribution in [0.15, 0.2) is 76.5 Å². The van der Waals surface area contributed by atoms with E-state index in [1.54, 1.807) is 0 Å². The molecular formula is C31H37ClO2. The molecule has 2 nitrogen and oxygen atoms in total. The van der Waals surface area contributed by atoms with Crippen LogP contribution < -0.4 is 5.63 Å². The van der Waals surface area contributed by atoms with E-state index in [0.29, 0.717) is 10.4 Å². The molecule has 180 valence electrons. The van der Waals surface area contributed by atoms with Gasteiger partial charge in [-0.3, -0.25) is 0 Å². The number of rotatable bonds is 14. The van der Waals surface area contributed by atoms with Crippen LogP contribution in [-0.4, -0.2) is 0 Å². The molecule has 0 unspecified atom stereocenters. The maximum Gasteiger partial charge on any atom is 0.345 e. The Bertz CT molecular complexity index is 1140. The largest absolute Gasteiger partial charge is 0.427 e. The van der Waals surface area contributed by atoms with E-state index < -0.39 is 0 Å². The topological polar surface area (TPSA) is 30.2 Å². The predicted molar refractivity (Wildman–Crippen MR) is 146 cm³/mol. The smallest absolute Gasteiger partial charge is 0.345 e. The Morgan fingerprint density at radius 2 is 1.59 bits per heavy atom. The summed E-state index contributed by atoms with van der Waals surface area (Å²) < 4.78 is 5.59. The third-order valence-electron chi connectivity index (χ3n) is 6.29. The summed E-state index contributed by atoms with van der Waals surface area (Å²) in [5, 5.41) is 1.91. The molecule has 0 bridgehead atoms. The quantitative estimate of drug-likeness (QED) is 0.172. The first-order valence-corrected chi connectivity index (χ1v) is 13.1. The highest BCUT2D eigenvalue weighted by Crippen LogP contribution is 2.27. The second kappa shape index (κ2) is 14.0. The normalized spacial score (nSPS) is 11.5. The second-order valence-electron chi connectivity index (χ2n) is 9.01. The maximum absolute atomic E-state index is 12.7. The zero-order valence-electron chi connectivity index (χ0n) is 20.5. The average molecular weight is 477 g/mol. The Labute approximate surface area is 209 Å². The average Bonchev–Trinajstić information content (AvgIpc) is 2.84. The molecule has 0 aliphatic rings. The lowest BCUT2D eigenvalue weighted by atomic mass is 10.00. The molecule has 3 rings (SSSR count). The van der Waals surface area contributed by atoms with Crippen molar-refractivity contribution in [2.75, 3.05) is 0 Å². The van der Waals surface area contributed by atoms with Crippen molar-refractivity contribution in [2.45, 2.75) is 77.6 Å². The molecule has 0 aliphatic carbocycles. The number of allylic oxidation sites excluding steroid dienone is 3. The third-order valence-corrected chi connectivity index (χ3v) is 6.72. The Morgan fingerprint density at radius 1 is 0.853 bits per heavy atom. The lowest BCUT2D eigenvalue weighted by Gasteiger charge is -2.09. The lowest BCUT2D eigenvalue weighted by Crippen LogP contribution is -2.05. The number of hydrogen-bond acceptors (Lipinski definition) is 2. The minimum atomic E-state index is -0.322. The van der Waals surface area contributed by atoms with Gasteiger partial charge in [-0.15, -0.1) is 6.58 Å². The molecule has 1 aromatic heterocycles. The van der Waals surface area contributed by atoms with Crippen molar-refractivity contribution >= 4 is 22.4 Å². The zero-order chi connectivity index (χ0) is 24.2. The summed E-state index contributed by atoms with van der Waals surface area (Å²) in [5.74, 6) is 0.754. The molecular weight excluding hydrogens is 440 g/mol. The van der Waals surface area contributed by atoms with Gasteiger partial charge in [0.25, 0.3) is 0 Å². The van der Waals surface area contributed by atoms with Gasteiger partial charge in [-0.25, -0.2) is 4.79 Å². The molecule has 0 radical (unpaired) electrons. The Morgan fingerprint density at radius 3 is 2.32 bits per heavy atom. The number of fused-ring (bicyclic) bond motifs is 1. The van der Waals surface area contributed by atoms with E-state index in [2.05, 4.69) is 56.0 Å². The molecule has 3 aromatic rings. The number of halogens is 1. The van der Waals surface area contributed by atoms with Crippen LogP contribution in [0.3, 0.4) is 0 Å². The van der Waals surface area contributed by atoms with E-state index in [4.69, 9.17) is 16.0 Å². The van der Waals surface area contributed by atoms with Gasteiger partial charge in [0, 0.05) is 6.42 Å². The molecule has 3 heteroatoms. The van der Waals surface area contributed by atoms with Crippen LogP contribution in [0.4, 0.5) is 0 Å². The van der Waals surface area contributed by atoms with E-state index in [1.165, 1.54) is 24.0 Å². The van der Waals surface area contributed by atoms with Gasteiger partial charge >= 0.3 is 5.63 Å². The lowest BCUT2D eigenvalue weighted by molar-refractivity contribution is 0.456. The standard InChI is InChI=1S/C31H37ClO2/c1-3-5-7-9-10-11-13-24-15-17-25(18-16-24)19-20-26-21-22-27-23-28(14-12-8-6-4-2)34-31(33)29(27)30(26)32/h3,9-10,15-18,21-23H,1,4-8,11-14,19-20H2,2H3/b10-9+. The van der Waals surface area contributed by atoms with Crippen molar-refractivity contribution in [3.63, 3.8) is 0 Å². The molecule has 0 aliphatic heterocycles. The van der Waals surface area contributed by atoms with Gasteiger partial charge in [0.15, 0.2) is 0 Å².